The highest BCUT2D eigenvalue weighted by molar-refractivity contribution is 7.80. The van der Waals surface area contributed by atoms with E-state index in [0.717, 1.165) is 19.4 Å². The minimum Gasteiger partial charge on any atom is -0.366 e. The summed E-state index contributed by atoms with van der Waals surface area (Å²) in [4.78, 5) is 10.7. The van der Waals surface area contributed by atoms with E-state index < -0.39 is 0 Å². The summed E-state index contributed by atoms with van der Waals surface area (Å²) in [6, 6.07) is 0.0876. The van der Waals surface area contributed by atoms with Crippen molar-refractivity contribution in [3.05, 3.63) is 0 Å². The molecule has 0 aromatic carbocycles. The molecule has 1 saturated heterocycles. The molecule has 2 unspecified atom stereocenters. The fourth-order valence-electron chi connectivity index (χ4n) is 1.17. The standard InChI is InChI=1S/C7H13NO2S/c1-5(9)8-6-3-2-4-10-7(6)11/h6-7,11H,2-4H2,1H3,(H,8,9). The van der Waals surface area contributed by atoms with Gasteiger partial charge in [0.2, 0.25) is 5.91 Å². The Morgan fingerprint density at radius 2 is 2.45 bits per heavy atom. The van der Waals surface area contributed by atoms with E-state index in [1.807, 2.05) is 0 Å². The van der Waals surface area contributed by atoms with Gasteiger partial charge in [-0.25, -0.2) is 0 Å². The summed E-state index contributed by atoms with van der Waals surface area (Å²) in [5, 5.41) is 2.79. The summed E-state index contributed by atoms with van der Waals surface area (Å²) in [7, 11) is 0. The van der Waals surface area contributed by atoms with Crippen molar-refractivity contribution in [3.8, 4) is 0 Å². The molecule has 64 valence electrons. The van der Waals surface area contributed by atoms with Crippen LogP contribution in [0.15, 0.2) is 0 Å². The van der Waals surface area contributed by atoms with Crippen molar-refractivity contribution in [2.75, 3.05) is 6.61 Å². The van der Waals surface area contributed by atoms with Gasteiger partial charge in [0.15, 0.2) is 0 Å². The summed E-state index contributed by atoms with van der Waals surface area (Å²) in [6.07, 6.45) is 1.97. The van der Waals surface area contributed by atoms with Crippen molar-refractivity contribution >= 4 is 18.5 Å². The first-order chi connectivity index (χ1) is 5.20. The fourth-order valence-corrected chi connectivity index (χ4v) is 1.50. The Hall–Kier alpha value is -0.220. The zero-order valence-corrected chi connectivity index (χ0v) is 7.43. The molecular formula is C7H13NO2S. The van der Waals surface area contributed by atoms with Gasteiger partial charge >= 0.3 is 0 Å². The van der Waals surface area contributed by atoms with Crippen molar-refractivity contribution in [2.24, 2.45) is 0 Å². The zero-order chi connectivity index (χ0) is 8.27. The zero-order valence-electron chi connectivity index (χ0n) is 6.54. The van der Waals surface area contributed by atoms with Crippen LogP contribution in [0.25, 0.3) is 0 Å². The molecule has 3 nitrogen and oxygen atoms in total. The summed E-state index contributed by atoms with van der Waals surface area (Å²) in [6.45, 7) is 2.26. The van der Waals surface area contributed by atoms with E-state index in [0.29, 0.717) is 0 Å². The molecule has 4 heteroatoms. The van der Waals surface area contributed by atoms with Gasteiger partial charge < -0.3 is 10.1 Å². The van der Waals surface area contributed by atoms with Crippen LogP contribution in [0.2, 0.25) is 0 Å². The van der Waals surface area contributed by atoms with Crippen LogP contribution in [0, 0.1) is 0 Å². The minimum atomic E-state index is -0.132. The average molecular weight is 175 g/mol. The van der Waals surface area contributed by atoms with Crippen LogP contribution in [0.5, 0.6) is 0 Å². The summed E-state index contributed by atoms with van der Waals surface area (Å²) in [5.41, 5.74) is -0.132. The normalized spacial score (nSPS) is 31.5. The van der Waals surface area contributed by atoms with Gasteiger partial charge in [-0.3, -0.25) is 4.79 Å². The SMILES string of the molecule is CC(=O)NC1CCCOC1S. The molecule has 1 amide bonds. The first-order valence-electron chi connectivity index (χ1n) is 3.77. The van der Waals surface area contributed by atoms with Crippen LogP contribution in [0.3, 0.4) is 0 Å². The highest BCUT2D eigenvalue weighted by atomic mass is 32.1. The Bertz CT molecular complexity index is 151. The molecule has 1 aliphatic heterocycles. The predicted molar refractivity (Wildman–Crippen MR) is 45.6 cm³/mol. The second-order valence-corrected chi connectivity index (χ2v) is 3.22. The Morgan fingerprint density at radius 1 is 1.73 bits per heavy atom. The predicted octanol–water partition coefficient (Wildman–Crippen LogP) is 0.557. The maximum atomic E-state index is 10.7. The topological polar surface area (TPSA) is 38.3 Å². The summed E-state index contributed by atoms with van der Waals surface area (Å²) >= 11 is 4.19. The maximum Gasteiger partial charge on any atom is 0.217 e. The van der Waals surface area contributed by atoms with E-state index in [-0.39, 0.29) is 17.4 Å². The molecule has 0 saturated carbocycles. The van der Waals surface area contributed by atoms with Gasteiger partial charge in [-0.05, 0) is 12.8 Å². The van der Waals surface area contributed by atoms with Gasteiger partial charge in [0.05, 0.1) is 6.04 Å². The minimum absolute atomic E-state index is 0.0143. The van der Waals surface area contributed by atoms with Crippen LogP contribution in [-0.4, -0.2) is 24.0 Å². The van der Waals surface area contributed by atoms with Gasteiger partial charge in [-0.1, -0.05) is 0 Å². The fraction of sp³-hybridized carbons (Fsp3) is 0.857. The number of ether oxygens (including phenoxy) is 1. The lowest BCUT2D eigenvalue weighted by molar-refractivity contribution is -0.120. The smallest absolute Gasteiger partial charge is 0.217 e. The number of rotatable bonds is 1. The number of thiol groups is 1. The summed E-state index contributed by atoms with van der Waals surface area (Å²) < 4.78 is 5.24. The molecule has 11 heavy (non-hydrogen) atoms. The largest absolute Gasteiger partial charge is 0.366 e. The molecule has 1 fully saturated rings. The number of hydrogen-bond donors (Lipinski definition) is 2. The Balaban J connectivity index is 2.35. The van der Waals surface area contributed by atoms with Crippen LogP contribution < -0.4 is 5.32 Å². The Kier molecular flexibility index (Phi) is 3.20. The van der Waals surface area contributed by atoms with Crippen LogP contribution in [0.1, 0.15) is 19.8 Å². The molecule has 0 aliphatic carbocycles. The van der Waals surface area contributed by atoms with Crippen LogP contribution in [-0.2, 0) is 9.53 Å². The molecule has 0 aromatic heterocycles. The second-order valence-electron chi connectivity index (χ2n) is 2.71. The molecule has 2 atom stereocenters. The van der Waals surface area contributed by atoms with Crippen molar-refractivity contribution < 1.29 is 9.53 Å². The third-order valence-corrected chi connectivity index (χ3v) is 2.19. The number of carbonyl (C=O) groups is 1. The molecule has 0 spiro atoms. The average Bonchev–Trinajstić information content (AvgIpc) is 1.93. The number of carbonyl (C=O) groups excluding carboxylic acids is 1. The van der Waals surface area contributed by atoms with E-state index in [2.05, 4.69) is 17.9 Å². The van der Waals surface area contributed by atoms with E-state index in [4.69, 9.17) is 4.74 Å². The molecule has 0 bridgehead atoms. The lowest BCUT2D eigenvalue weighted by Crippen LogP contribution is -2.43. The molecular weight excluding hydrogens is 162 g/mol. The lowest BCUT2D eigenvalue weighted by atomic mass is 10.1. The molecule has 0 aromatic rings. The Morgan fingerprint density at radius 3 is 3.00 bits per heavy atom. The monoisotopic (exact) mass is 175 g/mol. The molecule has 1 N–H and O–H groups in total. The highest BCUT2D eigenvalue weighted by Gasteiger charge is 2.22. The van der Waals surface area contributed by atoms with Gasteiger partial charge in [-0.15, -0.1) is 12.6 Å². The van der Waals surface area contributed by atoms with Crippen molar-refractivity contribution in [1.82, 2.24) is 5.32 Å². The lowest BCUT2D eigenvalue weighted by Gasteiger charge is -2.28. The molecule has 1 aliphatic rings. The third-order valence-electron chi connectivity index (χ3n) is 1.68. The number of amides is 1. The highest BCUT2D eigenvalue weighted by Crippen LogP contribution is 2.16. The molecule has 0 radical (unpaired) electrons. The van der Waals surface area contributed by atoms with Crippen LogP contribution >= 0.6 is 12.6 Å². The van der Waals surface area contributed by atoms with Gasteiger partial charge in [-0.2, -0.15) is 0 Å². The van der Waals surface area contributed by atoms with Crippen molar-refractivity contribution in [3.63, 3.8) is 0 Å². The van der Waals surface area contributed by atoms with E-state index in [1.165, 1.54) is 6.92 Å². The van der Waals surface area contributed by atoms with Gasteiger partial charge in [0.1, 0.15) is 5.44 Å². The van der Waals surface area contributed by atoms with Crippen molar-refractivity contribution in [2.45, 2.75) is 31.2 Å². The maximum absolute atomic E-state index is 10.7. The van der Waals surface area contributed by atoms with Crippen molar-refractivity contribution in [1.29, 1.82) is 0 Å². The van der Waals surface area contributed by atoms with E-state index in [1.54, 1.807) is 0 Å². The third kappa shape index (κ3) is 2.71. The molecule has 1 rings (SSSR count). The first-order valence-corrected chi connectivity index (χ1v) is 4.28. The molecule has 1 heterocycles. The second kappa shape index (κ2) is 3.97. The summed E-state index contributed by atoms with van der Waals surface area (Å²) in [5.74, 6) is -0.0143. The van der Waals surface area contributed by atoms with Gasteiger partial charge in [0, 0.05) is 13.5 Å². The Labute approximate surface area is 71.9 Å². The van der Waals surface area contributed by atoms with Crippen LogP contribution in [0.4, 0.5) is 0 Å². The first kappa shape index (κ1) is 8.87. The van der Waals surface area contributed by atoms with Gasteiger partial charge in [0.25, 0.3) is 0 Å². The number of nitrogens with one attached hydrogen (secondary N) is 1. The van der Waals surface area contributed by atoms with E-state index in [9.17, 15) is 4.79 Å². The quantitative estimate of drug-likeness (QED) is 0.571. The number of hydrogen-bond acceptors (Lipinski definition) is 3. The van der Waals surface area contributed by atoms with E-state index >= 15 is 0 Å².